The highest BCUT2D eigenvalue weighted by Crippen LogP contribution is 2.51. The molecule has 2 aromatic rings. The number of ether oxygens (including phenoxy) is 2. The molecule has 0 aromatic heterocycles. The zero-order valence-corrected chi connectivity index (χ0v) is 23.3. The number of rotatable bonds is 7. The van der Waals surface area contributed by atoms with Crippen LogP contribution < -0.4 is 10.1 Å². The molecule has 2 saturated heterocycles. The largest absolute Gasteiger partial charge is 0.497 e. The highest BCUT2D eigenvalue weighted by Gasteiger charge is 2.68. The molecule has 0 aliphatic carbocycles. The maximum atomic E-state index is 13.4. The van der Waals surface area contributed by atoms with Gasteiger partial charge in [0.05, 0.1) is 26.1 Å². The van der Waals surface area contributed by atoms with Crippen molar-refractivity contribution >= 4 is 23.8 Å². The summed E-state index contributed by atoms with van der Waals surface area (Å²) in [6, 6.07) is 15.2. The Kier molecular flexibility index (Phi) is 9.47. The van der Waals surface area contributed by atoms with Crippen LogP contribution >= 0.6 is 0 Å². The van der Waals surface area contributed by atoms with Crippen LogP contribution in [-0.4, -0.2) is 66.2 Å². The Balaban J connectivity index is 0.000000587. The number of carboxylic acids is 1. The molecule has 0 bridgehead atoms. The molecule has 0 spiro atoms. The molecule has 4 rings (SSSR count). The summed E-state index contributed by atoms with van der Waals surface area (Å²) in [6.45, 7) is 6.06. The molecule has 2 amide bonds. The Bertz CT molecular complexity index is 1280. The number of alkyl halides is 3. The minimum atomic E-state index is -5.08. The summed E-state index contributed by atoms with van der Waals surface area (Å²) >= 11 is 0. The summed E-state index contributed by atoms with van der Waals surface area (Å²) in [5.41, 5.74) is 1.67. The molecule has 0 radical (unpaired) electrons. The van der Waals surface area contributed by atoms with E-state index in [1.54, 1.807) is 14.0 Å². The number of hydrogen-bond acceptors (Lipinski definition) is 7. The molecule has 0 saturated carbocycles. The van der Waals surface area contributed by atoms with Crippen molar-refractivity contribution in [2.45, 2.75) is 44.9 Å². The molecule has 2 aliphatic heterocycles. The molecule has 222 valence electrons. The fourth-order valence-corrected chi connectivity index (χ4v) is 5.61. The minimum absolute atomic E-state index is 0.113. The number of carboxylic acid groups (broad SMARTS) is 1. The molecule has 9 nitrogen and oxygen atoms in total. The van der Waals surface area contributed by atoms with Gasteiger partial charge in [-0.25, -0.2) is 4.79 Å². The van der Waals surface area contributed by atoms with Crippen molar-refractivity contribution in [1.82, 2.24) is 10.2 Å². The highest BCUT2D eigenvalue weighted by molar-refractivity contribution is 6.09. The number of benzene rings is 2. The van der Waals surface area contributed by atoms with E-state index in [9.17, 15) is 27.6 Å². The number of hydrogen-bond donors (Lipinski definition) is 2. The second-order valence-electron chi connectivity index (χ2n) is 10.3. The molecule has 12 heteroatoms. The maximum Gasteiger partial charge on any atom is 0.490 e. The van der Waals surface area contributed by atoms with Gasteiger partial charge in [-0.2, -0.15) is 13.2 Å². The monoisotopic (exact) mass is 578 g/mol. The summed E-state index contributed by atoms with van der Waals surface area (Å²) < 4.78 is 42.2. The lowest BCUT2D eigenvalue weighted by atomic mass is 9.75. The quantitative estimate of drug-likeness (QED) is 0.370. The lowest BCUT2D eigenvalue weighted by Gasteiger charge is -2.33. The average molecular weight is 579 g/mol. The fraction of sp³-hybridized carbons (Fsp3) is 0.448. The number of aliphatic carboxylic acids is 1. The number of carbonyl (C=O) groups is 4. The zero-order chi connectivity index (χ0) is 30.7. The Morgan fingerprint density at radius 1 is 1.00 bits per heavy atom. The number of carbonyl (C=O) groups excluding carboxylic acids is 3. The number of methoxy groups -OCH3 is 2. The first-order chi connectivity index (χ1) is 19.2. The zero-order valence-electron chi connectivity index (χ0n) is 23.3. The van der Waals surface area contributed by atoms with Crippen LogP contribution in [0.25, 0.3) is 11.1 Å². The van der Waals surface area contributed by atoms with Gasteiger partial charge < -0.3 is 14.6 Å². The fourth-order valence-electron chi connectivity index (χ4n) is 5.61. The minimum Gasteiger partial charge on any atom is -0.497 e. The molecule has 41 heavy (non-hydrogen) atoms. The molecular weight excluding hydrogens is 545 g/mol. The third-order valence-electron chi connectivity index (χ3n) is 7.28. The number of nitrogens with zero attached hydrogens (tertiary/aromatic N) is 1. The normalized spacial score (nSPS) is 23.6. The Hall–Kier alpha value is -3.93. The van der Waals surface area contributed by atoms with E-state index < -0.39 is 41.5 Å². The van der Waals surface area contributed by atoms with Gasteiger partial charge in [0.2, 0.25) is 11.8 Å². The van der Waals surface area contributed by atoms with Gasteiger partial charge in [-0.15, -0.1) is 0 Å². The average Bonchev–Trinajstić information content (AvgIpc) is 3.40. The summed E-state index contributed by atoms with van der Waals surface area (Å²) in [4.78, 5) is 50.0. The smallest absolute Gasteiger partial charge is 0.490 e. The van der Waals surface area contributed by atoms with Crippen LogP contribution in [0.2, 0.25) is 0 Å². The van der Waals surface area contributed by atoms with E-state index in [1.807, 2.05) is 62.4 Å². The summed E-state index contributed by atoms with van der Waals surface area (Å²) in [5.74, 6) is -4.33. The van der Waals surface area contributed by atoms with Crippen molar-refractivity contribution in [2.24, 2.45) is 17.8 Å². The van der Waals surface area contributed by atoms with Crippen molar-refractivity contribution in [1.29, 1.82) is 0 Å². The van der Waals surface area contributed by atoms with Gasteiger partial charge in [0, 0.05) is 12.6 Å². The first kappa shape index (κ1) is 31.6. The lowest BCUT2D eigenvalue weighted by molar-refractivity contribution is -0.192. The third kappa shape index (κ3) is 6.22. The van der Waals surface area contributed by atoms with Crippen LogP contribution in [0.15, 0.2) is 48.5 Å². The molecule has 4 atom stereocenters. The molecule has 2 heterocycles. The molecule has 0 unspecified atom stereocenters. The number of halogens is 3. The number of imide groups is 1. The predicted octanol–water partition coefficient (Wildman–Crippen LogP) is 4.22. The SMILES string of the molecule is CCN1C(=O)[C@H]2[C@@H](c3ccc(-c4ccc(OC)cc4)cc3)N[C@@](CC(C)C)(C(=O)OC)[C@H]2C1=O.O=C(O)C(F)(F)F. The second kappa shape index (κ2) is 12.3. The molecule has 2 aliphatic rings. The molecule has 2 fully saturated rings. The van der Waals surface area contributed by atoms with E-state index >= 15 is 0 Å². The van der Waals surface area contributed by atoms with E-state index in [2.05, 4.69) is 5.32 Å². The molecule has 2 N–H and O–H groups in total. The number of amides is 2. The van der Waals surface area contributed by atoms with Gasteiger partial charge in [-0.3, -0.25) is 24.6 Å². The van der Waals surface area contributed by atoms with Crippen LogP contribution in [0.3, 0.4) is 0 Å². The van der Waals surface area contributed by atoms with Crippen LogP contribution in [-0.2, 0) is 23.9 Å². The van der Waals surface area contributed by atoms with Gasteiger partial charge >= 0.3 is 18.1 Å². The summed E-state index contributed by atoms with van der Waals surface area (Å²) in [6.07, 6.45) is -4.68. The Morgan fingerprint density at radius 3 is 1.93 bits per heavy atom. The standard InChI is InChI=1S/C27H32N2O5.C2HF3O2/c1-6-29-24(30)21-22(25(29)31)27(15-16(2)3,26(32)34-5)28-23(21)19-9-7-17(8-10-19)18-11-13-20(33-4)14-12-18;3-2(4,5)1(6)7/h7-14,16,21-23,28H,6,15H2,1-5H3;(H,6,7)/t21-,22-,23-,27-;/m1./s1. The summed E-state index contributed by atoms with van der Waals surface area (Å²) in [7, 11) is 2.96. The topological polar surface area (TPSA) is 122 Å². The Labute approximate surface area is 235 Å². The predicted molar refractivity (Wildman–Crippen MR) is 142 cm³/mol. The van der Waals surface area contributed by atoms with Crippen LogP contribution in [0.1, 0.15) is 38.8 Å². The first-order valence-electron chi connectivity index (χ1n) is 13.0. The van der Waals surface area contributed by atoms with Crippen LogP contribution in [0, 0.1) is 17.8 Å². The van der Waals surface area contributed by atoms with E-state index in [4.69, 9.17) is 19.4 Å². The lowest BCUT2D eigenvalue weighted by Crippen LogP contribution is -2.57. The van der Waals surface area contributed by atoms with E-state index in [-0.39, 0.29) is 24.3 Å². The number of likely N-dealkylation sites (tertiary alicyclic amines) is 1. The van der Waals surface area contributed by atoms with E-state index in [0.717, 1.165) is 22.4 Å². The summed E-state index contributed by atoms with van der Waals surface area (Å²) in [5, 5.41) is 10.6. The first-order valence-corrected chi connectivity index (χ1v) is 13.0. The van der Waals surface area contributed by atoms with Crippen LogP contribution in [0.4, 0.5) is 13.2 Å². The highest BCUT2D eigenvalue weighted by atomic mass is 19.4. The van der Waals surface area contributed by atoms with Crippen molar-refractivity contribution in [3.05, 3.63) is 54.1 Å². The van der Waals surface area contributed by atoms with E-state index in [1.165, 1.54) is 12.0 Å². The molecular formula is C29H33F3N2O7. The van der Waals surface area contributed by atoms with Gasteiger partial charge in [-0.1, -0.05) is 50.2 Å². The van der Waals surface area contributed by atoms with E-state index in [0.29, 0.717) is 6.42 Å². The van der Waals surface area contributed by atoms with Crippen LogP contribution in [0.5, 0.6) is 5.75 Å². The van der Waals surface area contributed by atoms with Crippen molar-refractivity contribution in [2.75, 3.05) is 20.8 Å². The second-order valence-corrected chi connectivity index (χ2v) is 10.3. The number of nitrogens with one attached hydrogen (secondary N) is 1. The van der Waals surface area contributed by atoms with Gasteiger partial charge in [-0.05, 0) is 48.1 Å². The van der Waals surface area contributed by atoms with Gasteiger partial charge in [0.15, 0.2) is 0 Å². The Morgan fingerprint density at radius 2 is 1.51 bits per heavy atom. The van der Waals surface area contributed by atoms with Crippen molar-refractivity contribution < 1.29 is 46.9 Å². The van der Waals surface area contributed by atoms with Crippen molar-refractivity contribution in [3.63, 3.8) is 0 Å². The van der Waals surface area contributed by atoms with Crippen molar-refractivity contribution in [3.8, 4) is 16.9 Å². The third-order valence-corrected chi connectivity index (χ3v) is 7.28. The number of fused-ring (bicyclic) bond motifs is 1. The van der Waals surface area contributed by atoms with Gasteiger partial charge in [0.25, 0.3) is 0 Å². The maximum absolute atomic E-state index is 13.4. The van der Waals surface area contributed by atoms with Gasteiger partial charge in [0.1, 0.15) is 11.3 Å². The number of esters is 1. The molecule has 2 aromatic carbocycles.